The zero-order valence-electron chi connectivity index (χ0n) is 19.5. The maximum atomic E-state index is 6.04. The van der Waals surface area contributed by atoms with Crippen LogP contribution in [0.4, 0.5) is 0 Å². The summed E-state index contributed by atoms with van der Waals surface area (Å²) < 4.78 is 10.6. The number of nitrogens with two attached hydrogens (primary N) is 1. The predicted octanol–water partition coefficient (Wildman–Crippen LogP) is 4.20. The highest BCUT2D eigenvalue weighted by Crippen LogP contribution is 2.27. The first-order chi connectivity index (χ1) is 15.1. The van der Waals surface area contributed by atoms with Gasteiger partial charge in [-0.3, -0.25) is 4.90 Å². The van der Waals surface area contributed by atoms with E-state index in [2.05, 4.69) is 46.4 Å². The maximum Gasteiger partial charge on any atom is 0.188 e. The van der Waals surface area contributed by atoms with Gasteiger partial charge in [-0.1, -0.05) is 37.3 Å². The minimum Gasteiger partial charge on any atom is -0.493 e. The van der Waals surface area contributed by atoms with Crippen molar-refractivity contribution in [3.05, 3.63) is 59.2 Å². The van der Waals surface area contributed by atoms with Gasteiger partial charge in [0.25, 0.3) is 0 Å². The molecule has 7 heteroatoms. The van der Waals surface area contributed by atoms with E-state index in [0.717, 1.165) is 35.9 Å². The number of nitrogens with one attached hydrogen (secondary N) is 1. The predicted molar refractivity (Wildman–Crippen MR) is 142 cm³/mol. The molecule has 32 heavy (non-hydrogen) atoms. The number of ether oxygens (including phenoxy) is 2. The highest BCUT2D eigenvalue weighted by Gasteiger charge is 2.15. The van der Waals surface area contributed by atoms with Gasteiger partial charge in [0.05, 0.1) is 20.8 Å². The maximum absolute atomic E-state index is 6.04. The van der Waals surface area contributed by atoms with Gasteiger partial charge in [0.2, 0.25) is 0 Å². The number of likely N-dealkylation sites (tertiary alicyclic amines) is 1. The van der Waals surface area contributed by atoms with Crippen LogP contribution in [0.15, 0.2) is 47.5 Å². The molecule has 1 heterocycles. The molecule has 0 aromatic heterocycles. The molecule has 6 nitrogen and oxygen atoms in total. The fourth-order valence-electron chi connectivity index (χ4n) is 3.83. The monoisotopic (exact) mass is 552 g/mol. The summed E-state index contributed by atoms with van der Waals surface area (Å²) in [5.74, 6) is 2.80. The van der Waals surface area contributed by atoms with Gasteiger partial charge in [-0.15, -0.1) is 24.0 Å². The first kappa shape index (κ1) is 26.3. The van der Waals surface area contributed by atoms with E-state index < -0.39 is 0 Å². The van der Waals surface area contributed by atoms with Crippen LogP contribution in [0.1, 0.15) is 36.5 Å². The second-order valence-corrected chi connectivity index (χ2v) is 8.34. The molecule has 0 bridgehead atoms. The topological polar surface area (TPSA) is 72.1 Å². The van der Waals surface area contributed by atoms with E-state index in [1.165, 1.54) is 37.1 Å². The SMILES string of the molecule is COc1ccc(CCNC(N)=NCc2ccc(CN3CCC(C)CC3)cc2)cc1OC.I. The van der Waals surface area contributed by atoms with Gasteiger partial charge in [0.1, 0.15) is 0 Å². The number of methoxy groups -OCH3 is 2. The van der Waals surface area contributed by atoms with Crippen molar-refractivity contribution >= 4 is 29.9 Å². The zero-order valence-corrected chi connectivity index (χ0v) is 21.8. The Morgan fingerprint density at radius 1 is 1.00 bits per heavy atom. The van der Waals surface area contributed by atoms with Gasteiger partial charge in [-0.25, -0.2) is 4.99 Å². The number of halogens is 1. The van der Waals surface area contributed by atoms with Crippen molar-refractivity contribution in [3.8, 4) is 11.5 Å². The molecule has 0 aliphatic carbocycles. The van der Waals surface area contributed by atoms with Crippen molar-refractivity contribution in [1.29, 1.82) is 0 Å². The lowest BCUT2D eigenvalue weighted by atomic mass is 9.99. The van der Waals surface area contributed by atoms with Gasteiger partial charge in [-0.05, 0) is 67.1 Å². The smallest absolute Gasteiger partial charge is 0.188 e. The summed E-state index contributed by atoms with van der Waals surface area (Å²) in [4.78, 5) is 7.02. The van der Waals surface area contributed by atoms with Crippen LogP contribution in [0.5, 0.6) is 11.5 Å². The molecule has 1 aliphatic rings. The second kappa shape index (κ2) is 13.5. The molecule has 0 atom stereocenters. The number of hydrogen-bond donors (Lipinski definition) is 2. The number of nitrogens with zero attached hydrogens (tertiary/aromatic N) is 2. The van der Waals surface area contributed by atoms with Crippen molar-refractivity contribution < 1.29 is 9.47 Å². The third-order valence-corrected chi connectivity index (χ3v) is 5.91. The van der Waals surface area contributed by atoms with E-state index in [-0.39, 0.29) is 24.0 Å². The molecule has 0 unspecified atom stereocenters. The summed E-state index contributed by atoms with van der Waals surface area (Å²) in [6.45, 7) is 7.09. The number of guanidine groups is 1. The van der Waals surface area contributed by atoms with Crippen LogP contribution >= 0.6 is 24.0 Å². The molecule has 2 aromatic carbocycles. The zero-order chi connectivity index (χ0) is 22.1. The number of hydrogen-bond acceptors (Lipinski definition) is 4. The van der Waals surface area contributed by atoms with Gasteiger partial charge >= 0.3 is 0 Å². The Balaban J connectivity index is 0.00000363. The quantitative estimate of drug-likeness (QED) is 0.277. The highest BCUT2D eigenvalue weighted by atomic mass is 127. The third-order valence-electron chi connectivity index (χ3n) is 5.91. The van der Waals surface area contributed by atoms with E-state index in [9.17, 15) is 0 Å². The molecular weight excluding hydrogens is 515 g/mol. The fourth-order valence-corrected chi connectivity index (χ4v) is 3.83. The van der Waals surface area contributed by atoms with Crippen LogP contribution in [0.25, 0.3) is 0 Å². The molecule has 3 N–H and O–H groups in total. The van der Waals surface area contributed by atoms with Crippen LogP contribution in [-0.4, -0.2) is 44.7 Å². The van der Waals surface area contributed by atoms with Gasteiger partial charge < -0.3 is 20.5 Å². The Morgan fingerprint density at radius 2 is 1.62 bits per heavy atom. The number of rotatable bonds is 9. The molecule has 0 radical (unpaired) electrons. The summed E-state index contributed by atoms with van der Waals surface area (Å²) in [6, 6.07) is 14.7. The largest absolute Gasteiger partial charge is 0.493 e. The Kier molecular flexibility index (Phi) is 11.1. The van der Waals surface area contributed by atoms with E-state index in [0.29, 0.717) is 19.0 Å². The third kappa shape index (κ3) is 8.16. The van der Waals surface area contributed by atoms with E-state index in [1.54, 1.807) is 14.2 Å². The minimum atomic E-state index is 0. The number of benzene rings is 2. The summed E-state index contributed by atoms with van der Waals surface area (Å²) in [6.07, 6.45) is 3.44. The van der Waals surface area contributed by atoms with Gasteiger partial charge in [0, 0.05) is 13.1 Å². The summed E-state index contributed by atoms with van der Waals surface area (Å²) in [5, 5.41) is 3.19. The molecule has 3 rings (SSSR count). The Bertz CT molecular complexity index is 850. The molecule has 0 amide bonds. The lowest BCUT2D eigenvalue weighted by molar-refractivity contribution is 0.185. The van der Waals surface area contributed by atoms with Crippen LogP contribution < -0.4 is 20.5 Å². The Hall–Kier alpha value is -2.00. The molecule has 176 valence electrons. The molecule has 2 aromatic rings. The lowest BCUT2D eigenvalue weighted by Gasteiger charge is -2.30. The Morgan fingerprint density at radius 3 is 2.28 bits per heavy atom. The standard InChI is InChI=1S/C25H36N4O2.HI/c1-19-11-14-29(15-12-19)18-22-6-4-21(5-7-22)17-28-25(26)27-13-10-20-8-9-23(30-2)24(16-20)31-3;/h4-9,16,19H,10-15,17-18H2,1-3H3,(H3,26,27,28);1H. The molecular formula is C25H37IN4O2. The van der Waals surface area contributed by atoms with Crippen molar-refractivity contribution in [2.45, 2.75) is 39.3 Å². The highest BCUT2D eigenvalue weighted by molar-refractivity contribution is 14.0. The van der Waals surface area contributed by atoms with Crippen molar-refractivity contribution in [2.75, 3.05) is 33.9 Å². The number of aliphatic imine (C=N–C) groups is 1. The van der Waals surface area contributed by atoms with Crippen molar-refractivity contribution in [2.24, 2.45) is 16.6 Å². The van der Waals surface area contributed by atoms with Crippen LogP contribution in [0, 0.1) is 5.92 Å². The molecule has 1 fully saturated rings. The number of piperidine rings is 1. The first-order valence-corrected chi connectivity index (χ1v) is 11.1. The average molecular weight is 553 g/mol. The summed E-state index contributed by atoms with van der Waals surface area (Å²) in [5.41, 5.74) is 9.72. The summed E-state index contributed by atoms with van der Waals surface area (Å²) >= 11 is 0. The molecule has 0 spiro atoms. The van der Waals surface area contributed by atoms with Crippen molar-refractivity contribution in [1.82, 2.24) is 10.2 Å². The van der Waals surface area contributed by atoms with Crippen LogP contribution in [0.2, 0.25) is 0 Å². The molecule has 0 saturated carbocycles. The average Bonchev–Trinajstić information content (AvgIpc) is 2.80. The van der Waals surface area contributed by atoms with E-state index in [4.69, 9.17) is 15.2 Å². The normalized spacial score (nSPS) is 15.2. The van der Waals surface area contributed by atoms with Gasteiger partial charge in [0.15, 0.2) is 17.5 Å². The lowest BCUT2D eigenvalue weighted by Crippen LogP contribution is -2.33. The van der Waals surface area contributed by atoms with Crippen LogP contribution in [-0.2, 0) is 19.5 Å². The first-order valence-electron chi connectivity index (χ1n) is 11.1. The fraction of sp³-hybridized carbons (Fsp3) is 0.480. The Labute approximate surface area is 209 Å². The van der Waals surface area contributed by atoms with E-state index in [1.807, 2.05) is 18.2 Å². The van der Waals surface area contributed by atoms with Gasteiger partial charge in [-0.2, -0.15) is 0 Å². The summed E-state index contributed by atoms with van der Waals surface area (Å²) in [7, 11) is 3.28. The molecule has 1 aliphatic heterocycles. The minimum absolute atomic E-state index is 0. The molecule has 1 saturated heterocycles. The second-order valence-electron chi connectivity index (χ2n) is 8.34. The van der Waals surface area contributed by atoms with Crippen LogP contribution in [0.3, 0.4) is 0 Å². The van der Waals surface area contributed by atoms with E-state index >= 15 is 0 Å². The van der Waals surface area contributed by atoms with Crippen molar-refractivity contribution in [3.63, 3.8) is 0 Å².